The molecule has 0 aromatic carbocycles. The lowest BCUT2D eigenvalue weighted by molar-refractivity contribution is -0.0291. The van der Waals surface area contributed by atoms with E-state index in [1.807, 2.05) is 10.9 Å². The molecule has 1 aliphatic heterocycles. The molecule has 102 valence electrons. The Balaban J connectivity index is 2.15. The molecule has 0 radical (unpaired) electrons. The van der Waals surface area contributed by atoms with Gasteiger partial charge in [0.2, 0.25) is 0 Å². The zero-order valence-corrected chi connectivity index (χ0v) is 11.4. The molecule has 2 N–H and O–H groups in total. The van der Waals surface area contributed by atoms with E-state index in [1.54, 1.807) is 0 Å². The van der Waals surface area contributed by atoms with E-state index >= 15 is 0 Å². The zero-order chi connectivity index (χ0) is 13.0. The number of morpholine rings is 1. The van der Waals surface area contributed by atoms with E-state index in [0.717, 1.165) is 32.7 Å². The molecule has 2 heterocycles. The summed E-state index contributed by atoms with van der Waals surface area (Å²) in [6, 6.07) is 0.733. The molecule has 2 atom stereocenters. The predicted molar refractivity (Wildman–Crippen MR) is 71.3 cm³/mol. The molecule has 2 rings (SSSR count). The van der Waals surface area contributed by atoms with Crippen molar-refractivity contribution in [1.82, 2.24) is 14.7 Å². The number of ether oxygens (including phenoxy) is 1. The Bertz CT molecular complexity index is 366. The van der Waals surface area contributed by atoms with Crippen molar-refractivity contribution < 1.29 is 4.74 Å². The molecule has 0 spiro atoms. The van der Waals surface area contributed by atoms with E-state index in [0.29, 0.717) is 12.6 Å². The van der Waals surface area contributed by atoms with Gasteiger partial charge in [-0.2, -0.15) is 5.10 Å². The SMILES string of the molecule is CCC1COCCN1C(CN)c1cnn(CC)c1. The summed E-state index contributed by atoms with van der Waals surface area (Å²) in [5.74, 6) is 0. The van der Waals surface area contributed by atoms with Gasteiger partial charge < -0.3 is 10.5 Å². The molecular formula is C13H24N4O. The molecule has 2 unspecified atom stereocenters. The molecule has 5 heteroatoms. The molecule has 1 fully saturated rings. The fourth-order valence-electron chi connectivity index (χ4n) is 2.62. The van der Waals surface area contributed by atoms with E-state index in [2.05, 4.69) is 30.0 Å². The monoisotopic (exact) mass is 252 g/mol. The number of hydrogen-bond acceptors (Lipinski definition) is 4. The molecule has 1 aromatic heterocycles. The van der Waals surface area contributed by atoms with Crippen LogP contribution in [0.15, 0.2) is 12.4 Å². The van der Waals surface area contributed by atoms with Crippen LogP contribution in [0.5, 0.6) is 0 Å². The van der Waals surface area contributed by atoms with Crippen LogP contribution in [-0.4, -0.2) is 47.0 Å². The van der Waals surface area contributed by atoms with Crippen LogP contribution in [0.1, 0.15) is 31.9 Å². The second-order valence-corrected chi connectivity index (χ2v) is 4.76. The van der Waals surface area contributed by atoms with Crippen molar-refractivity contribution in [2.24, 2.45) is 5.73 Å². The molecular weight excluding hydrogens is 228 g/mol. The normalized spacial score (nSPS) is 23.2. The fraction of sp³-hybridized carbons (Fsp3) is 0.769. The van der Waals surface area contributed by atoms with Crippen LogP contribution in [-0.2, 0) is 11.3 Å². The third-order valence-corrected chi connectivity index (χ3v) is 3.73. The molecule has 0 saturated carbocycles. The van der Waals surface area contributed by atoms with Crippen LogP contribution in [0.2, 0.25) is 0 Å². The maximum Gasteiger partial charge on any atom is 0.0622 e. The van der Waals surface area contributed by atoms with Crippen LogP contribution >= 0.6 is 0 Å². The molecule has 5 nitrogen and oxygen atoms in total. The van der Waals surface area contributed by atoms with Crippen LogP contribution in [0.4, 0.5) is 0 Å². The first kappa shape index (κ1) is 13.5. The Kier molecular flexibility index (Phi) is 4.74. The number of nitrogens with two attached hydrogens (primary N) is 1. The van der Waals surface area contributed by atoms with Crippen molar-refractivity contribution in [3.05, 3.63) is 18.0 Å². The molecule has 18 heavy (non-hydrogen) atoms. The second-order valence-electron chi connectivity index (χ2n) is 4.76. The smallest absolute Gasteiger partial charge is 0.0622 e. The Morgan fingerprint density at radius 1 is 1.56 bits per heavy atom. The van der Waals surface area contributed by atoms with E-state index in [1.165, 1.54) is 5.56 Å². The van der Waals surface area contributed by atoms with Crippen molar-refractivity contribution in [1.29, 1.82) is 0 Å². The van der Waals surface area contributed by atoms with Crippen molar-refractivity contribution in [2.75, 3.05) is 26.3 Å². The van der Waals surface area contributed by atoms with Gasteiger partial charge in [0, 0.05) is 37.4 Å². The summed E-state index contributed by atoms with van der Waals surface area (Å²) in [6.45, 7) is 8.40. The van der Waals surface area contributed by atoms with E-state index in [9.17, 15) is 0 Å². The summed E-state index contributed by atoms with van der Waals surface area (Å²) in [7, 11) is 0. The van der Waals surface area contributed by atoms with Gasteiger partial charge in [-0.25, -0.2) is 0 Å². The van der Waals surface area contributed by atoms with E-state index < -0.39 is 0 Å². The Morgan fingerprint density at radius 3 is 3.00 bits per heavy atom. The van der Waals surface area contributed by atoms with Gasteiger partial charge in [0.25, 0.3) is 0 Å². The number of aryl methyl sites for hydroxylation is 1. The first-order valence-corrected chi connectivity index (χ1v) is 6.86. The van der Waals surface area contributed by atoms with Crippen LogP contribution in [0.25, 0.3) is 0 Å². The second kappa shape index (κ2) is 6.31. The molecule has 0 bridgehead atoms. The molecule has 1 saturated heterocycles. The third kappa shape index (κ3) is 2.74. The average Bonchev–Trinajstić information content (AvgIpc) is 2.89. The summed E-state index contributed by atoms with van der Waals surface area (Å²) in [5.41, 5.74) is 7.21. The summed E-state index contributed by atoms with van der Waals surface area (Å²) < 4.78 is 7.51. The minimum absolute atomic E-state index is 0.263. The largest absolute Gasteiger partial charge is 0.378 e. The Labute approximate surface area is 109 Å². The van der Waals surface area contributed by atoms with Crippen LogP contribution in [0.3, 0.4) is 0 Å². The topological polar surface area (TPSA) is 56.3 Å². The van der Waals surface area contributed by atoms with Gasteiger partial charge in [0.05, 0.1) is 25.5 Å². The lowest BCUT2D eigenvalue weighted by atomic mass is 10.0. The van der Waals surface area contributed by atoms with Gasteiger partial charge in [-0.1, -0.05) is 6.92 Å². The molecule has 1 aliphatic rings. The van der Waals surface area contributed by atoms with Crippen molar-refractivity contribution in [3.63, 3.8) is 0 Å². The van der Waals surface area contributed by atoms with Crippen LogP contribution in [0, 0.1) is 0 Å². The van der Waals surface area contributed by atoms with Gasteiger partial charge in [0.15, 0.2) is 0 Å². The number of hydrogen-bond donors (Lipinski definition) is 1. The fourth-order valence-corrected chi connectivity index (χ4v) is 2.62. The summed E-state index contributed by atoms with van der Waals surface area (Å²) in [4.78, 5) is 2.47. The average molecular weight is 252 g/mol. The van der Waals surface area contributed by atoms with Gasteiger partial charge in [0.1, 0.15) is 0 Å². The zero-order valence-electron chi connectivity index (χ0n) is 11.4. The first-order chi connectivity index (χ1) is 8.80. The molecule has 1 aromatic rings. The van der Waals surface area contributed by atoms with Crippen molar-refractivity contribution in [3.8, 4) is 0 Å². The summed E-state index contributed by atoms with van der Waals surface area (Å²) in [6.07, 6.45) is 5.15. The Hall–Kier alpha value is -0.910. The number of rotatable bonds is 5. The van der Waals surface area contributed by atoms with Gasteiger partial charge in [-0.3, -0.25) is 9.58 Å². The molecule has 0 aliphatic carbocycles. The highest BCUT2D eigenvalue weighted by Gasteiger charge is 2.29. The van der Waals surface area contributed by atoms with E-state index in [4.69, 9.17) is 10.5 Å². The standard InChI is InChI=1S/C13H24N4O/c1-3-12-10-18-6-5-17(12)13(7-14)11-8-15-16(4-2)9-11/h8-9,12-13H,3-7,10,14H2,1-2H3. The minimum atomic E-state index is 0.263. The highest BCUT2D eigenvalue weighted by molar-refractivity contribution is 5.12. The lowest BCUT2D eigenvalue weighted by Gasteiger charge is -2.40. The highest BCUT2D eigenvalue weighted by Crippen LogP contribution is 2.24. The summed E-state index contributed by atoms with van der Waals surface area (Å²) >= 11 is 0. The van der Waals surface area contributed by atoms with E-state index in [-0.39, 0.29) is 6.04 Å². The molecule has 0 amide bonds. The van der Waals surface area contributed by atoms with Gasteiger partial charge >= 0.3 is 0 Å². The maximum atomic E-state index is 5.98. The first-order valence-electron chi connectivity index (χ1n) is 6.86. The number of nitrogens with zero attached hydrogens (tertiary/aromatic N) is 3. The highest BCUT2D eigenvalue weighted by atomic mass is 16.5. The maximum absolute atomic E-state index is 5.98. The summed E-state index contributed by atoms with van der Waals surface area (Å²) in [5, 5.41) is 4.35. The van der Waals surface area contributed by atoms with Crippen LogP contribution < -0.4 is 5.73 Å². The van der Waals surface area contributed by atoms with Gasteiger partial charge in [-0.15, -0.1) is 0 Å². The van der Waals surface area contributed by atoms with Gasteiger partial charge in [-0.05, 0) is 13.3 Å². The predicted octanol–water partition coefficient (Wildman–Crippen LogP) is 1.01. The third-order valence-electron chi connectivity index (χ3n) is 3.73. The number of aromatic nitrogens is 2. The van der Waals surface area contributed by atoms with Crippen molar-refractivity contribution in [2.45, 2.75) is 38.9 Å². The van der Waals surface area contributed by atoms with Crippen molar-refractivity contribution >= 4 is 0 Å². The minimum Gasteiger partial charge on any atom is -0.378 e. The Morgan fingerprint density at radius 2 is 2.39 bits per heavy atom. The quantitative estimate of drug-likeness (QED) is 0.850. The lowest BCUT2D eigenvalue weighted by Crippen LogP contribution is -2.48.